The van der Waals surface area contributed by atoms with Crippen molar-refractivity contribution in [3.8, 4) is 17.3 Å². The first-order chi connectivity index (χ1) is 16.1. The molecule has 0 N–H and O–H groups in total. The quantitative estimate of drug-likeness (QED) is 0.464. The van der Waals surface area contributed by atoms with E-state index in [9.17, 15) is 4.79 Å². The van der Waals surface area contributed by atoms with Gasteiger partial charge in [-0.3, -0.25) is 14.8 Å². The van der Waals surface area contributed by atoms with Gasteiger partial charge in [-0.1, -0.05) is 11.2 Å². The first kappa shape index (κ1) is 20.7. The molecule has 0 bridgehead atoms. The maximum Gasteiger partial charge on any atom is 0.254 e. The van der Waals surface area contributed by atoms with Crippen LogP contribution in [0.15, 0.2) is 65.8 Å². The first-order valence-electron chi connectivity index (χ1n) is 10.6. The van der Waals surface area contributed by atoms with Crippen LogP contribution in [-0.2, 0) is 0 Å². The van der Waals surface area contributed by atoms with Gasteiger partial charge in [-0.15, -0.1) is 0 Å². The number of aromatic nitrogens is 5. The smallest absolute Gasteiger partial charge is 0.254 e. The number of methoxy groups -OCH3 is 1. The summed E-state index contributed by atoms with van der Waals surface area (Å²) in [7, 11) is 1.61. The van der Waals surface area contributed by atoms with Crippen molar-refractivity contribution in [1.82, 2.24) is 30.0 Å². The number of hydrogen-bond donors (Lipinski definition) is 0. The first-order valence-corrected chi connectivity index (χ1v) is 10.6. The third kappa shape index (κ3) is 4.05. The minimum absolute atomic E-state index is 0.0311. The van der Waals surface area contributed by atoms with Crippen LogP contribution in [0, 0.1) is 6.92 Å². The second-order valence-corrected chi connectivity index (χ2v) is 7.94. The maximum atomic E-state index is 13.4. The molecule has 0 saturated carbocycles. The average Bonchev–Trinajstić information content (AvgIpc) is 3.52. The van der Waals surface area contributed by atoms with Crippen molar-refractivity contribution in [3.63, 3.8) is 0 Å². The monoisotopic (exact) mass is 442 g/mol. The molecule has 0 aliphatic carbocycles. The summed E-state index contributed by atoms with van der Waals surface area (Å²) < 4.78 is 10.9. The lowest BCUT2D eigenvalue weighted by atomic mass is 9.90. The fourth-order valence-electron chi connectivity index (χ4n) is 4.23. The van der Waals surface area contributed by atoms with Gasteiger partial charge in [0.25, 0.3) is 5.91 Å². The van der Waals surface area contributed by atoms with E-state index in [-0.39, 0.29) is 17.7 Å². The van der Waals surface area contributed by atoms with Crippen LogP contribution >= 0.6 is 0 Å². The predicted octanol–water partition coefficient (Wildman–Crippen LogP) is 3.26. The van der Waals surface area contributed by atoms with Gasteiger partial charge in [-0.05, 0) is 42.3 Å². The molecule has 5 rings (SSSR count). The summed E-state index contributed by atoms with van der Waals surface area (Å²) in [4.78, 5) is 32.4. The van der Waals surface area contributed by atoms with Crippen molar-refractivity contribution in [3.05, 3.63) is 83.9 Å². The van der Waals surface area contributed by atoms with E-state index in [0.717, 1.165) is 16.9 Å². The zero-order chi connectivity index (χ0) is 22.8. The molecule has 1 fully saturated rings. The molecule has 9 nitrogen and oxygen atoms in total. The van der Waals surface area contributed by atoms with Crippen LogP contribution in [0.1, 0.15) is 39.2 Å². The number of carbonyl (C=O) groups is 1. The molecule has 1 amide bonds. The molecule has 3 aromatic heterocycles. The van der Waals surface area contributed by atoms with E-state index in [4.69, 9.17) is 9.26 Å². The molecule has 1 saturated heterocycles. The molecule has 2 atom stereocenters. The molecule has 9 heteroatoms. The number of likely N-dealkylation sites (tertiary alicyclic amines) is 1. The topological polar surface area (TPSA) is 107 Å². The zero-order valence-corrected chi connectivity index (χ0v) is 18.3. The lowest BCUT2D eigenvalue weighted by molar-refractivity contribution is 0.0787. The van der Waals surface area contributed by atoms with Gasteiger partial charge < -0.3 is 14.2 Å². The van der Waals surface area contributed by atoms with Crippen molar-refractivity contribution in [2.75, 3.05) is 20.2 Å². The van der Waals surface area contributed by atoms with Crippen molar-refractivity contribution in [2.45, 2.75) is 18.8 Å². The summed E-state index contributed by atoms with van der Waals surface area (Å²) in [5.74, 6) is 1.32. The molecule has 0 unspecified atom stereocenters. The van der Waals surface area contributed by atoms with Crippen LogP contribution in [0.5, 0.6) is 5.75 Å². The van der Waals surface area contributed by atoms with Crippen molar-refractivity contribution >= 4 is 5.91 Å². The van der Waals surface area contributed by atoms with Crippen molar-refractivity contribution in [1.29, 1.82) is 0 Å². The van der Waals surface area contributed by atoms with E-state index in [0.29, 0.717) is 36.1 Å². The molecule has 0 spiro atoms. The van der Waals surface area contributed by atoms with Gasteiger partial charge in [-0.25, -0.2) is 4.98 Å². The third-order valence-corrected chi connectivity index (χ3v) is 5.93. The molecule has 33 heavy (non-hydrogen) atoms. The Kier molecular flexibility index (Phi) is 5.52. The summed E-state index contributed by atoms with van der Waals surface area (Å²) >= 11 is 0. The highest BCUT2D eigenvalue weighted by atomic mass is 16.5. The summed E-state index contributed by atoms with van der Waals surface area (Å²) in [6.07, 6.45) is 8.31. The van der Waals surface area contributed by atoms with Gasteiger partial charge in [0.2, 0.25) is 11.7 Å². The Labute approximate surface area is 190 Å². The number of amides is 1. The minimum Gasteiger partial charge on any atom is -0.497 e. The maximum absolute atomic E-state index is 13.4. The Bertz CT molecular complexity index is 1260. The van der Waals surface area contributed by atoms with Gasteiger partial charge >= 0.3 is 0 Å². The van der Waals surface area contributed by atoms with Gasteiger partial charge in [0.05, 0.1) is 19.2 Å². The Balaban J connectivity index is 1.46. The highest BCUT2D eigenvalue weighted by Gasteiger charge is 2.41. The summed E-state index contributed by atoms with van der Waals surface area (Å²) in [6, 6.07) is 9.38. The number of carbonyl (C=O) groups excluding carboxylic acids is 1. The number of aryl methyl sites for hydroxylation is 1. The molecule has 4 heterocycles. The van der Waals surface area contributed by atoms with Gasteiger partial charge in [0, 0.05) is 49.4 Å². The molecule has 166 valence electrons. The van der Waals surface area contributed by atoms with Crippen LogP contribution in [0.2, 0.25) is 0 Å². The Morgan fingerprint density at radius 1 is 1.09 bits per heavy atom. The number of hydrogen-bond acceptors (Lipinski definition) is 8. The van der Waals surface area contributed by atoms with E-state index in [1.807, 2.05) is 42.3 Å². The largest absolute Gasteiger partial charge is 0.497 e. The molecule has 1 aliphatic rings. The van der Waals surface area contributed by atoms with Crippen LogP contribution < -0.4 is 4.74 Å². The van der Waals surface area contributed by atoms with Crippen LogP contribution in [-0.4, -0.2) is 56.1 Å². The van der Waals surface area contributed by atoms with Crippen molar-refractivity contribution < 1.29 is 14.1 Å². The van der Waals surface area contributed by atoms with Crippen LogP contribution in [0.25, 0.3) is 11.5 Å². The molecular formula is C24H22N6O3. The summed E-state index contributed by atoms with van der Waals surface area (Å²) in [5.41, 5.74) is 3.06. The molecule has 0 radical (unpaired) electrons. The highest BCUT2D eigenvalue weighted by Crippen LogP contribution is 2.40. The van der Waals surface area contributed by atoms with E-state index < -0.39 is 0 Å². The van der Waals surface area contributed by atoms with Gasteiger partial charge in [-0.2, -0.15) is 4.98 Å². The molecule has 1 aromatic carbocycles. The molecular weight excluding hydrogens is 420 g/mol. The second-order valence-electron chi connectivity index (χ2n) is 7.94. The molecule has 4 aromatic rings. The standard InChI is InChI=1S/C24H22N6O3/c1-15-10-17(32-2)5-6-18(15)24(31)30-13-19(16-4-3-7-25-11-16)20(14-30)23-28-22(29-33-23)21-12-26-8-9-27-21/h3-12,19-20H,13-14H2,1-2H3/t19-,20+/m0/s1. The Hall–Kier alpha value is -4.14. The molecule has 1 aliphatic heterocycles. The summed E-state index contributed by atoms with van der Waals surface area (Å²) in [5, 5.41) is 4.10. The van der Waals surface area contributed by atoms with Crippen LogP contribution in [0.3, 0.4) is 0 Å². The lowest BCUT2D eigenvalue weighted by Crippen LogP contribution is -2.29. The van der Waals surface area contributed by atoms with Gasteiger partial charge in [0.1, 0.15) is 11.4 Å². The van der Waals surface area contributed by atoms with E-state index >= 15 is 0 Å². The van der Waals surface area contributed by atoms with Gasteiger partial charge in [0.15, 0.2) is 0 Å². The van der Waals surface area contributed by atoms with E-state index in [1.54, 1.807) is 38.0 Å². The number of pyridine rings is 1. The SMILES string of the molecule is COc1ccc(C(=O)N2C[C@@H](c3cccnc3)[C@H](c3nc(-c4cnccn4)no3)C2)c(C)c1. The number of rotatable bonds is 5. The highest BCUT2D eigenvalue weighted by molar-refractivity contribution is 5.96. The number of benzene rings is 1. The number of nitrogens with zero attached hydrogens (tertiary/aromatic N) is 6. The van der Waals surface area contributed by atoms with E-state index in [2.05, 4.69) is 25.1 Å². The van der Waals surface area contributed by atoms with Crippen molar-refractivity contribution in [2.24, 2.45) is 0 Å². The lowest BCUT2D eigenvalue weighted by Gasteiger charge is -2.18. The average molecular weight is 442 g/mol. The van der Waals surface area contributed by atoms with Crippen LogP contribution in [0.4, 0.5) is 0 Å². The number of ether oxygens (including phenoxy) is 1. The Morgan fingerprint density at radius 3 is 2.67 bits per heavy atom. The summed E-state index contributed by atoms with van der Waals surface area (Å²) in [6.45, 7) is 2.88. The second kappa shape index (κ2) is 8.78. The fourth-order valence-corrected chi connectivity index (χ4v) is 4.23. The van der Waals surface area contributed by atoms with E-state index in [1.165, 1.54) is 0 Å². The fraction of sp³-hybridized carbons (Fsp3) is 0.250. The third-order valence-electron chi connectivity index (χ3n) is 5.93. The Morgan fingerprint density at radius 2 is 1.94 bits per heavy atom. The zero-order valence-electron chi connectivity index (χ0n) is 18.3. The predicted molar refractivity (Wildman–Crippen MR) is 119 cm³/mol. The minimum atomic E-state index is -0.172. The normalized spacial score (nSPS) is 17.8.